The van der Waals surface area contributed by atoms with Crippen molar-refractivity contribution in [2.45, 2.75) is 12.8 Å². The average molecular weight is 208 g/mol. The predicted octanol–water partition coefficient (Wildman–Crippen LogP) is 0.387. The first-order valence-corrected chi connectivity index (χ1v) is 4.39. The lowest BCUT2D eigenvalue weighted by Gasteiger charge is -2.10. The van der Waals surface area contributed by atoms with Crippen LogP contribution in [0.2, 0.25) is 0 Å². The first kappa shape index (κ1) is 10.1. The van der Waals surface area contributed by atoms with Gasteiger partial charge in [-0.25, -0.2) is 8.78 Å². The van der Waals surface area contributed by atoms with E-state index in [1.165, 1.54) is 0 Å². The molecule has 0 radical (unpaired) electrons. The van der Waals surface area contributed by atoms with E-state index in [4.69, 9.17) is 0 Å². The second-order valence-corrected chi connectivity index (χ2v) is 3.25. The number of thioether (sulfide) groups is 1. The van der Waals surface area contributed by atoms with Crippen molar-refractivity contribution < 1.29 is 18.4 Å². The molecule has 0 atom stereocenters. The molecule has 1 aliphatic heterocycles. The number of hydrogen-bond donors (Lipinski definition) is 1. The Bertz CT molecular complexity index is 267. The van der Waals surface area contributed by atoms with Crippen molar-refractivity contribution in [3.05, 3.63) is 0 Å². The number of alkyl halides is 2. The molecule has 1 N–H and O–H groups in total. The van der Waals surface area contributed by atoms with E-state index < -0.39 is 24.0 Å². The Hall–Kier alpha value is -0.980. The summed E-state index contributed by atoms with van der Waals surface area (Å²) in [4.78, 5) is 24.8. The van der Waals surface area contributed by atoms with Gasteiger partial charge < -0.3 is 5.32 Å². The number of amides is 2. The van der Waals surface area contributed by atoms with Crippen LogP contribution in [0.3, 0.4) is 0 Å². The van der Waals surface area contributed by atoms with E-state index in [-0.39, 0.29) is 11.6 Å². The van der Waals surface area contributed by atoms with Gasteiger partial charge in [0, 0.05) is 0 Å². The highest BCUT2D eigenvalue weighted by Gasteiger charge is 2.19. The fourth-order valence-corrected chi connectivity index (χ4v) is 1.33. The van der Waals surface area contributed by atoms with Crippen molar-refractivity contribution in [3.8, 4) is 0 Å². The lowest BCUT2D eigenvalue weighted by atomic mass is 10.4. The van der Waals surface area contributed by atoms with Gasteiger partial charge in [-0.3, -0.25) is 9.59 Å². The van der Waals surface area contributed by atoms with E-state index in [2.05, 4.69) is 10.3 Å². The summed E-state index contributed by atoms with van der Waals surface area (Å²) >= 11 is 0.660. The van der Waals surface area contributed by atoms with Crippen LogP contribution >= 0.6 is 11.8 Å². The van der Waals surface area contributed by atoms with E-state index >= 15 is 0 Å². The number of nitrogens with zero attached hydrogens (tertiary/aromatic N) is 1. The molecule has 1 rings (SSSR count). The van der Waals surface area contributed by atoms with Gasteiger partial charge in [0.05, 0.1) is 5.75 Å². The maximum atomic E-state index is 11.7. The van der Waals surface area contributed by atoms with Crippen LogP contribution in [0.5, 0.6) is 0 Å². The number of halogens is 2. The summed E-state index contributed by atoms with van der Waals surface area (Å²) in [5, 5.41) is 2.18. The molecule has 0 aromatic rings. The van der Waals surface area contributed by atoms with E-state index in [1.54, 1.807) is 0 Å². The summed E-state index contributed by atoms with van der Waals surface area (Å²) < 4.78 is 23.4. The third-order valence-electron chi connectivity index (χ3n) is 1.13. The minimum Gasteiger partial charge on any atom is -0.305 e. The van der Waals surface area contributed by atoms with Crippen molar-refractivity contribution in [3.63, 3.8) is 0 Å². The zero-order valence-electron chi connectivity index (χ0n) is 6.42. The summed E-state index contributed by atoms with van der Waals surface area (Å²) in [6.45, 7) is 0. The Kier molecular flexibility index (Phi) is 3.35. The molecule has 0 aromatic carbocycles. The molecule has 7 heteroatoms. The van der Waals surface area contributed by atoms with Gasteiger partial charge in [-0.15, -0.1) is 0 Å². The normalized spacial score (nSPS) is 17.3. The third kappa shape index (κ3) is 3.49. The molecular weight excluding hydrogens is 202 g/mol. The minimum absolute atomic E-state index is 0.0402. The van der Waals surface area contributed by atoms with Crippen LogP contribution in [0.15, 0.2) is 4.99 Å². The number of nitrogens with one attached hydrogen (secondary N) is 1. The van der Waals surface area contributed by atoms with Crippen molar-refractivity contribution in [2.75, 3.05) is 5.75 Å². The Balaban J connectivity index is 2.49. The smallest absolute Gasteiger partial charge is 0.257 e. The molecule has 4 nitrogen and oxygen atoms in total. The van der Waals surface area contributed by atoms with Crippen LogP contribution in [-0.4, -0.2) is 29.2 Å². The maximum Gasteiger partial charge on any atom is 0.257 e. The quantitative estimate of drug-likeness (QED) is 0.668. The number of carbonyl (C=O) groups excluding carboxylic acids is 2. The van der Waals surface area contributed by atoms with Gasteiger partial charge in [0.2, 0.25) is 12.3 Å². The lowest BCUT2D eigenvalue weighted by Crippen LogP contribution is -2.35. The Morgan fingerprint density at radius 2 is 2.23 bits per heavy atom. The molecule has 0 bridgehead atoms. The van der Waals surface area contributed by atoms with Gasteiger partial charge in [0.15, 0.2) is 5.17 Å². The summed E-state index contributed by atoms with van der Waals surface area (Å²) in [5.74, 6) is -1.58. The zero-order chi connectivity index (χ0) is 9.84. The Morgan fingerprint density at radius 3 is 2.77 bits per heavy atom. The molecule has 0 aliphatic carbocycles. The molecule has 0 unspecified atom stereocenters. The van der Waals surface area contributed by atoms with Crippen molar-refractivity contribution in [2.24, 2.45) is 4.99 Å². The van der Waals surface area contributed by atoms with Crippen LogP contribution in [0.4, 0.5) is 8.78 Å². The SMILES string of the molecule is O=C1CC(=O)NC(SCC(F)F)=N1. The number of hydrogen-bond acceptors (Lipinski definition) is 3. The highest BCUT2D eigenvalue weighted by Crippen LogP contribution is 2.10. The van der Waals surface area contributed by atoms with E-state index in [9.17, 15) is 18.4 Å². The number of amidine groups is 1. The van der Waals surface area contributed by atoms with Gasteiger partial charge in [-0.1, -0.05) is 11.8 Å². The van der Waals surface area contributed by atoms with Crippen LogP contribution in [-0.2, 0) is 9.59 Å². The molecule has 1 heterocycles. The molecule has 0 saturated carbocycles. The lowest BCUT2D eigenvalue weighted by molar-refractivity contribution is -0.127. The second-order valence-electron chi connectivity index (χ2n) is 2.24. The fraction of sp³-hybridized carbons (Fsp3) is 0.500. The van der Waals surface area contributed by atoms with E-state index in [0.29, 0.717) is 11.8 Å². The molecule has 0 fully saturated rings. The van der Waals surface area contributed by atoms with Gasteiger partial charge in [-0.05, 0) is 0 Å². The molecule has 0 saturated heterocycles. The summed E-state index contributed by atoms with van der Waals surface area (Å²) in [6.07, 6.45) is -2.79. The molecule has 0 aromatic heterocycles. The summed E-state index contributed by atoms with van der Waals surface area (Å²) in [5.41, 5.74) is 0. The van der Waals surface area contributed by atoms with Crippen LogP contribution in [0.25, 0.3) is 0 Å². The average Bonchev–Trinajstić information content (AvgIpc) is 1.99. The number of rotatable bonds is 2. The van der Waals surface area contributed by atoms with Crippen molar-refractivity contribution in [1.82, 2.24) is 5.32 Å². The topological polar surface area (TPSA) is 58.5 Å². The molecule has 0 spiro atoms. The van der Waals surface area contributed by atoms with Crippen LogP contribution < -0.4 is 5.32 Å². The molecule has 72 valence electrons. The third-order valence-corrected chi connectivity index (χ3v) is 2.02. The number of carbonyl (C=O) groups is 2. The highest BCUT2D eigenvalue weighted by atomic mass is 32.2. The number of aliphatic imine (C=N–C) groups is 1. The van der Waals surface area contributed by atoms with Crippen LogP contribution in [0.1, 0.15) is 6.42 Å². The monoisotopic (exact) mass is 208 g/mol. The van der Waals surface area contributed by atoms with Gasteiger partial charge in [0.25, 0.3) is 5.91 Å². The van der Waals surface area contributed by atoms with Crippen molar-refractivity contribution in [1.29, 1.82) is 0 Å². The maximum absolute atomic E-state index is 11.7. The van der Waals surface area contributed by atoms with Crippen molar-refractivity contribution >= 4 is 28.7 Å². The molecule has 2 amide bonds. The highest BCUT2D eigenvalue weighted by molar-refractivity contribution is 8.13. The Labute approximate surface area is 76.8 Å². The predicted molar refractivity (Wildman–Crippen MR) is 43.7 cm³/mol. The van der Waals surface area contributed by atoms with Gasteiger partial charge in [-0.2, -0.15) is 4.99 Å². The first-order chi connectivity index (χ1) is 6.08. The first-order valence-electron chi connectivity index (χ1n) is 3.40. The largest absolute Gasteiger partial charge is 0.305 e. The van der Waals surface area contributed by atoms with E-state index in [0.717, 1.165) is 0 Å². The molecule has 1 aliphatic rings. The fourth-order valence-electron chi connectivity index (χ4n) is 0.692. The molecular formula is C6H6F2N2O2S. The summed E-state index contributed by atoms with van der Waals surface area (Å²) in [7, 11) is 0. The van der Waals surface area contributed by atoms with Gasteiger partial charge >= 0.3 is 0 Å². The summed E-state index contributed by atoms with van der Waals surface area (Å²) in [6, 6.07) is 0. The second kappa shape index (κ2) is 4.31. The minimum atomic E-state index is -2.48. The standard InChI is InChI=1S/C6H6F2N2O2S/c7-3(8)2-13-6-9-4(11)1-5(12)10-6/h3H,1-2H2,(H,9,10,11,12). The molecule has 13 heavy (non-hydrogen) atoms. The van der Waals surface area contributed by atoms with Crippen LogP contribution in [0, 0.1) is 0 Å². The zero-order valence-corrected chi connectivity index (χ0v) is 7.24. The van der Waals surface area contributed by atoms with E-state index in [1.807, 2.05) is 0 Å². The van der Waals surface area contributed by atoms with Gasteiger partial charge in [0.1, 0.15) is 6.42 Å². The Morgan fingerprint density at radius 1 is 1.54 bits per heavy atom.